The molecule has 5 nitrogen and oxygen atoms in total. The van der Waals surface area contributed by atoms with Gasteiger partial charge < -0.3 is 15.4 Å². The van der Waals surface area contributed by atoms with Gasteiger partial charge in [-0.25, -0.2) is 0 Å². The van der Waals surface area contributed by atoms with Gasteiger partial charge in [0.25, 0.3) is 0 Å². The molecule has 130 valence electrons. The first-order chi connectivity index (χ1) is 12.1. The van der Waals surface area contributed by atoms with Gasteiger partial charge in [0.15, 0.2) is 0 Å². The van der Waals surface area contributed by atoms with E-state index in [2.05, 4.69) is 10.6 Å². The third-order valence-corrected chi connectivity index (χ3v) is 4.83. The Morgan fingerprint density at radius 1 is 1.00 bits per heavy atom. The molecule has 2 amide bonds. The predicted molar refractivity (Wildman–Crippen MR) is 100 cm³/mol. The lowest BCUT2D eigenvalue weighted by molar-refractivity contribution is -0.117. The summed E-state index contributed by atoms with van der Waals surface area (Å²) in [7, 11) is 1.62. The van der Waals surface area contributed by atoms with Crippen LogP contribution in [0.4, 0.5) is 11.4 Å². The molecule has 0 unspecified atom stereocenters. The Kier molecular flexibility index (Phi) is 5.60. The number of hydrogen-bond donors (Lipinski definition) is 2. The fourth-order valence-corrected chi connectivity index (χ4v) is 2.94. The molecule has 0 aromatic heterocycles. The van der Waals surface area contributed by atoms with Crippen LogP contribution in [-0.4, -0.2) is 24.7 Å². The molecule has 0 radical (unpaired) electrons. The Hall–Kier alpha value is -2.47. The van der Waals surface area contributed by atoms with E-state index in [4.69, 9.17) is 4.74 Å². The Morgan fingerprint density at radius 2 is 1.60 bits per heavy atom. The molecule has 1 aliphatic carbocycles. The van der Waals surface area contributed by atoms with Crippen LogP contribution in [0.2, 0.25) is 0 Å². The first-order valence-corrected chi connectivity index (χ1v) is 9.10. The molecule has 0 saturated heterocycles. The molecular formula is C19H20N2O3S. The molecule has 2 N–H and O–H groups in total. The Labute approximate surface area is 151 Å². The Bertz CT molecular complexity index is 740. The van der Waals surface area contributed by atoms with E-state index in [1.54, 1.807) is 31.4 Å². The molecule has 0 spiro atoms. The largest absolute Gasteiger partial charge is 0.497 e. The molecular weight excluding hydrogens is 336 g/mol. The molecule has 1 aliphatic rings. The lowest BCUT2D eigenvalue weighted by atomic mass is 10.2. The van der Waals surface area contributed by atoms with Gasteiger partial charge in [-0.1, -0.05) is 0 Å². The maximum atomic E-state index is 12.0. The second-order valence-electron chi connectivity index (χ2n) is 5.85. The number of methoxy groups -OCH3 is 1. The van der Waals surface area contributed by atoms with Crippen molar-refractivity contribution in [1.82, 2.24) is 0 Å². The SMILES string of the molecule is COc1ccc(SCC(=O)Nc2ccc(NC(=O)C3CC3)cc2)cc1. The molecule has 25 heavy (non-hydrogen) atoms. The number of ether oxygens (including phenoxy) is 1. The highest BCUT2D eigenvalue weighted by molar-refractivity contribution is 8.00. The van der Waals surface area contributed by atoms with Gasteiger partial charge in [0.05, 0.1) is 12.9 Å². The van der Waals surface area contributed by atoms with Gasteiger partial charge in [-0.3, -0.25) is 9.59 Å². The molecule has 1 saturated carbocycles. The van der Waals surface area contributed by atoms with Crippen LogP contribution in [0.1, 0.15) is 12.8 Å². The first kappa shape index (κ1) is 17.4. The van der Waals surface area contributed by atoms with E-state index in [9.17, 15) is 9.59 Å². The highest BCUT2D eigenvalue weighted by Crippen LogP contribution is 2.30. The zero-order valence-corrected chi connectivity index (χ0v) is 14.8. The van der Waals surface area contributed by atoms with E-state index < -0.39 is 0 Å². The number of carbonyl (C=O) groups excluding carboxylic acids is 2. The third kappa shape index (κ3) is 5.26. The highest BCUT2D eigenvalue weighted by atomic mass is 32.2. The van der Waals surface area contributed by atoms with Crippen molar-refractivity contribution in [3.8, 4) is 5.75 Å². The fraction of sp³-hybridized carbons (Fsp3) is 0.263. The average molecular weight is 356 g/mol. The molecule has 6 heteroatoms. The first-order valence-electron chi connectivity index (χ1n) is 8.11. The van der Waals surface area contributed by atoms with Gasteiger partial charge in [-0.05, 0) is 61.4 Å². The van der Waals surface area contributed by atoms with Crippen molar-refractivity contribution in [3.63, 3.8) is 0 Å². The summed E-state index contributed by atoms with van der Waals surface area (Å²) in [5, 5.41) is 5.73. The molecule has 3 rings (SSSR count). The predicted octanol–water partition coefficient (Wildman–Crippen LogP) is 3.77. The molecule has 2 aromatic carbocycles. The molecule has 0 aliphatic heterocycles. The summed E-state index contributed by atoms with van der Waals surface area (Å²) in [4.78, 5) is 24.8. The number of nitrogens with one attached hydrogen (secondary N) is 2. The van der Waals surface area contributed by atoms with Gasteiger partial charge in [0, 0.05) is 22.2 Å². The second kappa shape index (κ2) is 8.07. The fourth-order valence-electron chi connectivity index (χ4n) is 2.24. The van der Waals surface area contributed by atoms with Crippen molar-refractivity contribution in [2.45, 2.75) is 17.7 Å². The van der Waals surface area contributed by atoms with E-state index in [0.717, 1.165) is 29.2 Å². The minimum atomic E-state index is -0.0735. The normalized spacial score (nSPS) is 13.2. The summed E-state index contributed by atoms with van der Waals surface area (Å²) >= 11 is 1.46. The van der Waals surface area contributed by atoms with Crippen LogP contribution in [0, 0.1) is 5.92 Å². The van der Waals surface area contributed by atoms with Crippen LogP contribution in [-0.2, 0) is 9.59 Å². The average Bonchev–Trinajstić information content (AvgIpc) is 3.47. The van der Waals surface area contributed by atoms with E-state index in [1.807, 2.05) is 24.3 Å². The van der Waals surface area contributed by atoms with Crippen LogP contribution >= 0.6 is 11.8 Å². The van der Waals surface area contributed by atoms with E-state index >= 15 is 0 Å². The van der Waals surface area contributed by atoms with Crippen LogP contribution in [0.25, 0.3) is 0 Å². The summed E-state index contributed by atoms with van der Waals surface area (Å²) in [5.41, 5.74) is 1.47. The van der Waals surface area contributed by atoms with Crippen molar-refractivity contribution >= 4 is 35.0 Å². The lowest BCUT2D eigenvalue weighted by Gasteiger charge is -2.08. The minimum Gasteiger partial charge on any atom is -0.497 e. The van der Waals surface area contributed by atoms with Gasteiger partial charge in [-0.15, -0.1) is 11.8 Å². The van der Waals surface area contributed by atoms with Crippen LogP contribution in [0.3, 0.4) is 0 Å². The third-order valence-electron chi connectivity index (χ3n) is 3.81. The van der Waals surface area contributed by atoms with Crippen LogP contribution < -0.4 is 15.4 Å². The number of hydrogen-bond acceptors (Lipinski definition) is 4. The zero-order valence-electron chi connectivity index (χ0n) is 14.0. The van der Waals surface area contributed by atoms with Gasteiger partial charge in [0.2, 0.25) is 11.8 Å². The van der Waals surface area contributed by atoms with Crippen molar-refractivity contribution in [2.24, 2.45) is 5.92 Å². The lowest BCUT2D eigenvalue weighted by Crippen LogP contribution is -2.15. The number of carbonyl (C=O) groups is 2. The summed E-state index contributed by atoms with van der Waals surface area (Å²) < 4.78 is 5.11. The second-order valence-corrected chi connectivity index (χ2v) is 6.90. The quantitative estimate of drug-likeness (QED) is 0.741. The highest BCUT2D eigenvalue weighted by Gasteiger charge is 2.29. The minimum absolute atomic E-state index is 0.0735. The number of thioether (sulfide) groups is 1. The van der Waals surface area contributed by atoms with Crippen molar-refractivity contribution < 1.29 is 14.3 Å². The topological polar surface area (TPSA) is 67.4 Å². The molecule has 0 atom stereocenters. The maximum absolute atomic E-state index is 12.0. The van der Waals surface area contributed by atoms with Gasteiger partial charge >= 0.3 is 0 Å². The smallest absolute Gasteiger partial charge is 0.234 e. The van der Waals surface area contributed by atoms with Crippen molar-refractivity contribution in [2.75, 3.05) is 23.5 Å². The Morgan fingerprint density at radius 3 is 2.16 bits per heavy atom. The summed E-state index contributed by atoms with van der Waals surface area (Å²) in [6.45, 7) is 0. The molecule has 0 bridgehead atoms. The molecule has 2 aromatic rings. The van der Waals surface area contributed by atoms with Crippen molar-refractivity contribution in [3.05, 3.63) is 48.5 Å². The van der Waals surface area contributed by atoms with Gasteiger partial charge in [0.1, 0.15) is 5.75 Å². The number of amides is 2. The Balaban J connectivity index is 1.45. The van der Waals surface area contributed by atoms with Crippen LogP contribution in [0.5, 0.6) is 5.75 Å². The summed E-state index contributed by atoms with van der Waals surface area (Å²) in [5.74, 6) is 1.30. The number of rotatable bonds is 7. The van der Waals surface area contributed by atoms with E-state index in [0.29, 0.717) is 11.4 Å². The molecule has 0 heterocycles. The summed E-state index contributed by atoms with van der Waals surface area (Å²) in [6.07, 6.45) is 1.96. The number of benzene rings is 2. The zero-order chi connectivity index (χ0) is 17.6. The van der Waals surface area contributed by atoms with Crippen LogP contribution in [0.15, 0.2) is 53.4 Å². The standard InChI is InChI=1S/C19H20N2O3S/c1-24-16-8-10-17(11-9-16)25-12-18(22)20-14-4-6-15(7-5-14)21-19(23)13-2-3-13/h4-11,13H,2-3,12H2,1H3,(H,20,22)(H,21,23). The van der Waals surface area contributed by atoms with Crippen molar-refractivity contribution in [1.29, 1.82) is 0 Å². The van der Waals surface area contributed by atoms with E-state index in [-0.39, 0.29) is 17.7 Å². The molecule has 1 fully saturated rings. The number of anilines is 2. The maximum Gasteiger partial charge on any atom is 0.234 e. The van der Waals surface area contributed by atoms with E-state index in [1.165, 1.54) is 11.8 Å². The van der Waals surface area contributed by atoms with Gasteiger partial charge in [-0.2, -0.15) is 0 Å². The monoisotopic (exact) mass is 356 g/mol. The summed E-state index contributed by atoms with van der Waals surface area (Å²) in [6, 6.07) is 14.8.